The molecule has 0 aliphatic carbocycles. The fraction of sp³-hybridized carbons (Fsp3) is 0.278. The van der Waals surface area contributed by atoms with Crippen LogP contribution >= 0.6 is 0 Å². The van der Waals surface area contributed by atoms with Gasteiger partial charge in [-0.15, -0.1) is 0 Å². The van der Waals surface area contributed by atoms with Crippen LogP contribution < -0.4 is 5.32 Å². The quantitative estimate of drug-likeness (QED) is 0.886. The summed E-state index contributed by atoms with van der Waals surface area (Å²) in [6.07, 6.45) is 1.61. The molecule has 1 aliphatic heterocycles. The maximum atomic E-state index is 13.8. The third-order valence-corrected chi connectivity index (χ3v) is 6.21. The molecule has 1 atom stereocenters. The van der Waals surface area contributed by atoms with Crippen molar-refractivity contribution in [1.29, 1.82) is 0 Å². The molecule has 1 heterocycles. The fourth-order valence-corrected chi connectivity index (χ4v) is 4.67. The van der Waals surface area contributed by atoms with Gasteiger partial charge in [0.2, 0.25) is 15.9 Å². The van der Waals surface area contributed by atoms with E-state index < -0.39 is 33.6 Å². The van der Waals surface area contributed by atoms with Crippen molar-refractivity contribution in [2.45, 2.75) is 30.2 Å². The van der Waals surface area contributed by atoms with E-state index in [9.17, 15) is 22.0 Å². The number of nitrogens with one attached hydrogen (secondary N) is 1. The molecule has 0 saturated carbocycles. The van der Waals surface area contributed by atoms with E-state index in [2.05, 4.69) is 5.32 Å². The second-order valence-electron chi connectivity index (χ2n) is 6.05. The first-order chi connectivity index (χ1) is 12.4. The standard InChI is InChI=1S/C18H18F2N2O3S/c19-13-9-10-15(20)16(12-13)21-18(23)17-8-4-5-11-22(17)26(24,25)14-6-2-1-3-7-14/h1-3,6-7,9-10,12,17H,4-5,8,11H2,(H,21,23). The summed E-state index contributed by atoms with van der Waals surface area (Å²) in [5.74, 6) is -2.15. The lowest BCUT2D eigenvalue weighted by molar-refractivity contribution is -0.120. The Balaban J connectivity index is 1.87. The summed E-state index contributed by atoms with van der Waals surface area (Å²) in [6, 6.07) is 9.58. The molecule has 2 aromatic rings. The second kappa shape index (κ2) is 7.51. The molecule has 0 spiro atoms. The number of anilines is 1. The number of benzene rings is 2. The van der Waals surface area contributed by atoms with Crippen LogP contribution in [-0.4, -0.2) is 31.2 Å². The lowest BCUT2D eigenvalue weighted by atomic mass is 10.0. The average Bonchev–Trinajstić information content (AvgIpc) is 2.65. The van der Waals surface area contributed by atoms with E-state index in [4.69, 9.17) is 0 Å². The first-order valence-electron chi connectivity index (χ1n) is 8.22. The molecule has 1 unspecified atom stereocenters. The Morgan fingerprint density at radius 3 is 2.54 bits per heavy atom. The van der Waals surface area contributed by atoms with Crippen LogP contribution in [0.2, 0.25) is 0 Å². The molecule has 2 aromatic carbocycles. The summed E-state index contributed by atoms with van der Waals surface area (Å²) >= 11 is 0. The monoisotopic (exact) mass is 380 g/mol. The van der Waals surface area contributed by atoms with E-state index in [0.29, 0.717) is 19.3 Å². The molecule has 3 rings (SSSR count). The summed E-state index contributed by atoms with van der Waals surface area (Å²) < 4.78 is 54.0. The van der Waals surface area contributed by atoms with Crippen molar-refractivity contribution in [3.63, 3.8) is 0 Å². The number of piperidine rings is 1. The van der Waals surface area contributed by atoms with Gasteiger partial charge in [-0.2, -0.15) is 4.31 Å². The van der Waals surface area contributed by atoms with Crippen molar-refractivity contribution in [1.82, 2.24) is 4.31 Å². The van der Waals surface area contributed by atoms with E-state index in [0.717, 1.165) is 22.5 Å². The Kier molecular flexibility index (Phi) is 5.33. The molecular formula is C18H18F2N2O3S. The van der Waals surface area contributed by atoms with Crippen LogP contribution in [-0.2, 0) is 14.8 Å². The molecule has 5 nitrogen and oxygen atoms in total. The Labute approximate surface area is 150 Å². The van der Waals surface area contributed by atoms with Gasteiger partial charge in [-0.1, -0.05) is 24.6 Å². The molecule has 1 fully saturated rings. The predicted molar refractivity (Wildman–Crippen MR) is 93.0 cm³/mol. The zero-order chi connectivity index (χ0) is 18.7. The van der Waals surface area contributed by atoms with Crippen molar-refractivity contribution in [3.05, 3.63) is 60.2 Å². The maximum absolute atomic E-state index is 13.8. The minimum atomic E-state index is -3.86. The Morgan fingerprint density at radius 1 is 1.08 bits per heavy atom. The van der Waals surface area contributed by atoms with Crippen LogP contribution in [0.15, 0.2) is 53.4 Å². The van der Waals surface area contributed by atoms with Crippen LogP contribution in [0.3, 0.4) is 0 Å². The van der Waals surface area contributed by atoms with E-state index in [-0.39, 0.29) is 17.1 Å². The molecule has 0 aromatic heterocycles. The lowest BCUT2D eigenvalue weighted by Crippen LogP contribution is -2.49. The molecule has 0 bridgehead atoms. The first kappa shape index (κ1) is 18.5. The lowest BCUT2D eigenvalue weighted by Gasteiger charge is -2.33. The largest absolute Gasteiger partial charge is 0.322 e. The third kappa shape index (κ3) is 3.76. The number of carbonyl (C=O) groups excluding carboxylic acids is 1. The van der Waals surface area contributed by atoms with Gasteiger partial charge in [0.1, 0.15) is 17.7 Å². The molecule has 1 N–H and O–H groups in total. The van der Waals surface area contributed by atoms with Gasteiger partial charge < -0.3 is 5.32 Å². The maximum Gasteiger partial charge on any atom is 0.243 e. The van der Waals surface area contributed by atoms with E-state index in [1.165, 1.54) is 12.1 Å². The summed E-state index contributed by atoms with van der Waals surface area (Å²) in [6.45, 7) is 0.195. The minimum absolute atomic E-state index is 0.0941. The van der Waals surface area contributed by atoms with Crippen LogP contribution in [0.5, 0.6) is 0 Å². The second-order valence-corrected chi connectivity index (χ2v) is 7.94. The summed E-state index contributed by atoms with van der Waals surface area (Å²) in [5, 5.41) is 2.31. The molecule has 1 amide bonds. The van der Waals surface area contributed by atoms with Crippen LogP contribution in [0, 0.1) is 11.6 Å². The molecule has 8 heteroatoms. The number of hydrogen-bond donors (Lipinski definition) is 1. The highest BCUT2D eigenvalue weighted by Crippen LogP contribution is 2.26. The van der Waals surface area contributed by atoms with Crippen LogP contribution in [0.4, 0.5) is 14.5 Å². The Hall–Kier alpha value is -2.32. The molecule has 26 heavy (non-hydrogen) atoms. The van der Waals surface area contributed by atoms with E-state index in [1.54, 1.807) is 18.2 Å². The van der Waals surface area contributed by atoms with Crippen molar-refractivity contribution >= 4 is 21.6 Å². The Morgan fingerprint density at radius 2 is 1.81 bits per heavy atom. The highest BCUT2D eigenvalue weighted by molar-refractivity contribution is 7.89. The number of nitrogens with zero attached hydrogens (tertiary/aromatic N) is 1. The van der Waals surface area contributed by atoms with Gasteiger partial charge in [0, 0.05) is 12.6 Å². The fourth-order valence-electron chi connectivity index (χ4n) is 2.99. The first-order valence-corrected chi connectivity index (χ1v) is 9.66. The normalized spacial score (nSPS) is 18.5. The Bertz CT molecular complexity index is 904. The molecule has 0 radical (unpaired) electrons. The topological polar surface area (TPSA) is 66.5 Å². The summed E-state index contributed by atoms with van der Waals surface area (Å²) in [4.78, 5) is 12.7. The zero-order valence-electron chi connectivity index (χ0n) is 13.9. The van der Waals surface area contributed by atoms with Crippen molar-refractivity contribution < 1.29 is 22.0 Å². The zero-order valence-corrected chi connectivity index (χ0v) is 14.7. The van der Waals surface area contributed by atoms with Gasteiger partial charge in [0.05, 0.1) is 10.6 Å². The van der Waals surface area contributed by atoms with Gasteiger partial charge in [0.15, 0.2) is 0 Å². The average molecular weight is 380 g/mol. The van der Waals surface area contributed by atoms with Gasteiger partial charge >= 0.3 is 0 Å². The van der Waals surface area contributed by atoms with Crippen molar-refractivity contribution in [2.24, 2.45) is 0 Å². The van der Waals surface area contributed by atoms with Gasteiger partial charge in [0.25, 0.3) is 0 Å². The molecule has 1 aliphatic rings. The van der Waals surface area contributed by atoms with E-state index in [1.807, 2.05) is 0 Å². The highest BCUT2D eigenvalue weighted by atomic mass is 32.2. The SMILES string of the molecule is O=C(Nc1cc(F)ccc1F)C1CCCCN1S(=O)(=O)c1ccccc1. The van der Waals surface area contributed by atoms with Crippen molar-refractivity contribution in [2.75, 3.05) is 11.9 Å². The van der Waals surface area contributed by atoms with E-state index >= 15 is 0 Å². The predicted octanol–water partition coefficient (Wildman–Crippen LogP) is 3.15. The van der Waals surface area contributed by atoms with Crippen molar-refractivity contribution in [3.8, 4) is 0 Å². The van der Waals surface area contributed by atoms with Gasteiger partial charge in [-0.25, -0.2) is 17.2 Å². The third-order valence-electron chi connectivity index (χ3n) is 4.29. The number of rotatable bonds is 4. The number of carbonyl (C=O) groups is 1. The molecule has 1 saturated heterocycles. The summed E-state index contributed by atoms with van der Waals surface area (Å²) in [5.41, 5.74) is -0.308. The number of halogens is 2. The number of sulfonamides is 1. The number of amides is 1. The van der Waals surface area contributed by atoms with Crippen LogP contribution in [0.25, 0.3) is 0 Å². The smallest absolute Gasteiger partial charge is 0.243 e. The molecular weight excluding hydrogens is 362 g/mol. The minimum Gasteiger partial charge on any atom is -0.322 e. The summed E-state index contributed by atoms with van der Waals surface area (Å²) in [7, 11) is -3.86. The highest BCUT2D eigenvalue weighted by Gasteiger charge is 2.37. The number of hydrogen-bond acceptors (Lipinski definition) is 3. The van der Waals surface area contributed by atoms with Gasteiger partial charge in [-0.05, 0) is 37.1 Å². The van der Waals surface area contributed by atoms with Gasteiger partial charge in [-0.3, -0.25) is 4.79 Å². The van der Waals surface area contributed by atoms with Crippen LogP contribution in [0.1, 0.15) is 19.3 Å². The molecule has 138 valence electrons.